The Balaban J connectivity index is 2.61. The third-order valence-electron chi connectivity index (χ3n) is 1.64. The normalized spacial score (nSPS) is 24.2. The van der Waals surface area contributed by atoms with Crippen LogP contribution in [0.5, 0.6) is 0 Å². The van der Waals surface area contributed by atoms with Crippen LogP contribution < -0.4 is 5.73 Å². The summed E-state index contributed by atoms with van der Waals surface area (Å²) in [6.07, 6.45) is 0. The zero-order chi connectivity index (χ0) is 9.41. The van der Waals surface area contributed by atoms with Crippen molar-refractivity contribution in [2.75, 3.05) is 18.1 Å². The van der Waals surface area contributed by atoms with Crippen LogP contribution in [-0.2, 0) is 19.4 Å². The monoisotopic (exact) mass is 193 g/mol. The van der Waals surface area contributed by atoms with E-state index >= 15 is 0 Å². The third kappa shape index (κ3) is 1.59. The first-order valence-corrected chi connectivity index (χ1v) is 5.38. The average Bonchev–Trinajstić information content (AvgIpc) is 1.83. The van der Waals surface area contributed by atoms with Gasteiger partial charge >= 0.3 is 5.97 Å². The van der Waals surface area contributed by atoms with Crippen molar-refractivity contribution in [2.45, 2.75) is 12.5 Å². The molecule has 12 heavy (non-hydrogen) atoms. The molecule has 0 spiro atoms. The third-order valence-corrected chi connectivity index (χ3v) is 3.55. The Morgan fingerprint density at radius 2 is 2.08 bits per heavy atom. The number of nitrogens with two attached hydrogens (primary N) is 1. The summed E-state index contributed by atoms with van der Waals surface area (Å²) >= 11 is 0. The molecule has 0 amide bonds. The van der Waals surface area contributed by atoms with Crippen LogP contribution in [0.4, 0.5) is 0 Å². The molecule has 0 aromatic rings. The van der Waals surface area contributed by atoms with Crippen LogP contribution in [0.3, 0.4) is 0 Å². The maximum Gasteiger partial charge on any atom is 0.328 e. The molecule has 0 bridgehead atoms. The van der Waals surface area contributed by atoms with Gasteiger partial charge in [-0.25, -0.2) is 13.2 Å². The van der Waals surface area contributed by atoms with Crippen molar-refractivity contribution >= 4 is 15.8 Å². The summed E-state index contributed by atoms with van der Waals surface area (Å²) in [5, 5.41) is 0. The minimum absolute atomic E-state index is 0.220. The van der Waals surface area contributed by atoms with Crippen molar-refractivity contribution in [1.82, 2.24) is 0 Å². The van der Waals surface area contributed by atoms with Crippen LogP contribution in [0.25, 0.3) is 0 Å². The highest BCUT2D eigenvalue weighted by atomic mass is 32.2. The van der Waals surface area contributed by atoms with Gasteiger partial charge in [-0.3, -0.25) is 0 Å². The lowest BCUT2D eigenvalue weighted by Gasteiger charge is -2.34. The van der Waals surface area contributed by atoms with E-state index in [4.69, 9.17) is 5.73 Å². The van der Waals surface area contributed by atoms with Gasteiger partial charge < -0.3 is 10.5 Å². The molecule has 1 rings (SSSR count). The molecule has 1 heterocycles. The Bertz CT molecular complexity index is 283. The number of carbonyl (C=O) groups is 1. The van der Waals surface area contributed by atoms with E-state index in [1.807, 2.05) is 0 Å². The highest BCUT2D eigenvalue weighted by Crippen LogP contribution is 2.22. The quantitative estimate of drug-likeness (QED) is 0.549. The number of esters is 1. The van der Waals surface area contributed by atoms with E-state index in [-0.39, 0.29) is 18.1 Å². The smallest absolute Gasteiger partial charge is 0.328 e. The lowest BCUT2D eigenvalue weighted by molar-refractivity contribution is -0.148. The number of hydrogen-bond acceptors (Lipinski definition) is 5. The molecular formula is C6H11NO4S. The molecule has 0 saturated carbocycles. The van der Waals surface area contributed by atoms with E-state index < -0.39 is 21.3 Å². The van der Waals surface area contributed by atoms with Crippen LogP contribution in [0.2, 0.25) is 0 Å². The highest BCUT2D eigenvalue weighted by Gasteiger charge is 2.52. The number of sulfone groups is 1. The van der Waals surface area contributed by atoms with Gasteiger partial charge in [0.2, 0.25) is 0 Å². The van der Waals surface area contributed by atoms with Crippen LogP contribution in [0.15, 0.2) is 0 Å². The first kappa shape index (κ1) is 9.47. The van der Waals surface area contributed by atoms with Gasteiger partial charge in [0.25, 0.3) is 0 Å². The first-order chi connectivity index (χ1) is 5.40. The molecule has 0 aromatic carbocycles. The van der Waals surface area contributed by atoms with Gasteiger partial charge in [-0.2, -0.15) is 0 Å². The average molecular weight is 193 g/mol. The second-order valence-corrected chi connectivity index (χ2v) is 4.97. The van der Waals surface area contributed by atoms with Crippen molar-refractivity contribution in [3.63, 3.8) is 0 Å². The minimum atomic E-state index is -3.08. The van der Waals surface area contributed by atoms with Crippen LogP contribution in [-0.4, -0.2) is 38.0 Å². The maximum absolute atomic E-state index is 11.0. The molecule has 0 unspecified atom stereocenters. The van der Waals surface area contributed by atoms with E-state index in [1.165, 1.54) is 0 Å². The topological polar surface area (TPSA) is 86.5 Å². The van der Waals surface area contributed by atoms with Crippen molar-refractivity contribution in [3.05, 3.63) is 0 Å². The lowest BCUT2D eigenvalue weighted by Crippen LogP contribution is -2.67. The van der Waals surface area contributed by atoms with Gasteiger partial charge in [0, 0.05) is 0 Å². The molecule has 1 saturated heterocycles. The Hall–Kier alpha value is -0.620. The molecule has 1 aliphatic heterocycles. The Labute approximate surface area is 70.8 Å². The maximum atomic E-state index is 11.0. The number of rotatable bonds is 2. The zero-order valence-electron chi connectivity index (χ0n) is 6.74. The fourth-order valence-electron chi connectivity index (χ4n) is 1.14. The summed E-state index contributed by atoms with van der Waals surface area (Å²) in [4.78, 5) is 11.0. The van der Waals surface area contributed by atoms with Gasteiger partial charge in [0.1, 0.15) is 5.54 Å². The molecular weight excluding hydrogens is 182 g/mol. The predicted octanol–water partition coefficient (Wildman–Crippen LogP) is -1.32. The molecule has 0 aromatic heterocycles. The van der Waals surface area contributed by atoms with Crippen molar-refractivity contribution in [3.8, 4) is 0 Å². The molecule has 1 aliphatic rings. The Morgan fingerprint density at radius 3 is 2.42 bits per heavy atom. The summed E-state index contributed by atoms with van der Waals surface area (Å²) in [5.74, 6) is -1.21. The summed E-state index contributed by atoms with van der Waals surface area (Å²) in [6, 6.07) is 0. The number of hydrogen-bond donors (Lipinski definition) is 1. The molecule has 6 heteroatoms. The van der Waals surface area contributed by atoms with Crippen molar-refractivity contribution in [1.29, 1.82) is 0 Å². The molecule has 70 valence electrons. The van der Waals surface area contributed by atoms with E-state index in [2.05, 4.69) is 4.74 Å². The molecule has 5 nitrogen and oxygen atoms in total. The fraction of sp³-hybridized carbons (Fsp3) is 0.833. The Morgan fingerprint density at radius 1 is 1.58 bits per heavy atom. The van der Waals surface area contributed by atoms with E-state index in [9.17, 15) is 13.2 Å². The van der Waals surface area contributed by atoms with E-state index in [0.29, 0.717) is 0 Å². The van der Waals surface area contributed by atoms with Crippen LogP contribution >= 0.6 is 0 Å². The SMILES string of the molecule is CCOC(=O)C1(N)CS(=O)(=O)C1. The fourth-order valence-corrected chi connectivity index (χ4v) is 2.86. The van der Waals surface area contributed by atoms with Crippen LogP contribution in [0, 0.1) is 0 Å². The number of ether oxygens (including phenoxy) is 1. The van der Waals surface area contributed by atoms with E-state index in [1.54, 1.807) is 6.92 Å². The van der Waals surface area contributed by atoms with Crippen molar-refractivity contribution in [2.24, 2.45) is 5.73 Å². The standard InChI is InChI=1S/C6H11NO4S/c1-2-11-5(8)6(7)3-12(9,10)4-6/h2-4,7H2,1H3. The van der Waals surface area contributed by atoms with E-state index in [0.717, 1.165) is 0 Å². The summed E-state index contributed by atoms with van der Waals surface area (Å²) in [5.41, 5.74) is 4.17. The molecule has 1 fully saturated rings. The largest absolute Gasteiger partial charge is 0.465 e. The first-order valence-electron chi connectivity index (χ1n) is 3.56. The zero-order valence-corrected chi connectivity index (χ0v) is 7.56. The second kappa shape index (κ2) is 2.70. The number of carbonyl (C=O) groups excluding carboxylic acids is 1. The van der Waals surface area contributed by atoms with Gasteiger partial charge in [0.15, 0.2) is 9.84 Å². The summed E-state index contributed by atoms with van der Waals surface area (Å²) in [7, 11) is -3.08. The second-order valence-electron chi connectivity index (χ2n) is 2.91. The van der Waals surface area contributed by atoms with Gasteiger partial charge in [-0.1, -0.05) is 0 Å². The van der Waals surface area contributed by atoms with Crippen molar-refractivity contribution < 1.29 is 17.9 Å². The van der Waals surface area contributed by atoms with Gasteiger partial charge in [-0.15, -0.1) is 0 Å². The van der Waals surface area contributed by atoms with Gasteiger partial charge in [-0.05, 0) is 6.92 Å². The predicted molar refractivity (Wildman–Crippen MR) is 42.2 cm³/mol. The lowest BCUT2D eigenvalue weighted by atomic mass is 10.1. The Kier molecular flexibility index (Phi) is 2.13. The van der Waals surface area contributed by atoms with Gasteiger partial charge in [0.05, 0.1) is 18.1 Å². The molecule has 2 N–H and O–H groups in total. The molecule has 0 radical (unpaired) electrons. The van der Waals surface area contributed by atoms with Crippen LogP contribution in [0.1, 0.15) is 6.92 Å². The minimum Gasteiger partial charge on any atom is -0.465 e. The molecule has 0 atom stereocenters. The summed E-state index contributed by atoms with van der Waals surface area (Å²) in [6.45, 7) is 1.87. The highest BCUT2D eigenvalue weighted by molar-refractivity contribution is 7.93. The summed E-state index contributed by atoms with van der Waals surface area (Å²) < 4.78 is 26.1. The molecule has 0 aliphatic carbocycles.